The molecule has 2 N–H and O–H groups in total. The van der Waals surface area contributed by atoms with E-state index in [1.54, 1.807) is 36.2 Å². The first-order valence-corrected chi connectivity index (χ1v) is 12.8. The fraction of sp³-hybridized carbons (Fsp3) is 0.233. The fourth-order valence-corrected chi connectivity index (χ4v) is 4.80. The van der Waals surface area contributed by atoms with Crippen molar-refractivity contribution in [3.05, 3.63) is 106 Å². The minimum absolute atomic E-state index is 0.0277. The first-order chi connectivity index (χ1) is 18.9. The summed E-state index contributed by atoms with van der Waals surface area (Å²) in [6, 6.07) is 24.4. The van der Waals surface area contributed by atoms with E-state index in [1.165, 1.54) is 4.57 Å². The van der Waals surface area contributed by atoms with Gasteiger partial charge in [-0.1, -0.05) is 60.7 Å². The molecule has 39 heavy (non-hydrogen) atoms. The number of aromatic hydroxyl groups is 1. The Bertz CT molecular complexity index is 1560. The predicted octanol–water partition coefficient (Wildman–Crippen LogP) is 3.63. The van der Waals surface area contributed by atoms with E-state index in [1.807, 2.05) is 54.6 Å². The lowest BCUT2D eigenvalue weighted by Gasteiger charge is -2.35. The van der Waals surface area contributed by atoms with Crippen molar-refractivity contribution in [2.24, 2.45) is 7.05 Å². The second-order valence-corrected chi connectivity index (χ2v) is 9.47. The Balaban J connectivity index is 1.19. The number of hydrogen-bond acceptors (Lipinski definition) is 6. The van der Waals surface area contributed by atoms with Crippen LogP contribution in [0.3, 0.4) is 0 Å². The van der Waals surface area contributed by atoms with Gasteiger partial charge >= 0.3 is 6.09 Å². The first kappa shape index (κ1) is 25.8. The molecule has 1 fully saturated rings. The quantitative estimate of drug-likeness (QED) is 0.398. The Morgan fingerprint density at radius 3 is 2.36 bits per heavy atom. The van der Waals surface area contributed by atoms with Crippen molar-refractivity contribution in [1.29, 1.82) is 0 Å². The molecule has 1 aromatic heterocycles. The van der Waals surface area contributed by atoms with E-state index in [2.05, 4.69) is 10.2 Å². The van der Waals surface area contributed by atoms with Gasteiger partial charge in [0.2, 0.25) is 0 Å². The molecule has 200 valence electrons. The van der Waals surface area contributed by atoms with E-state index in [0.29, 0.717) is 37.1 Å². The number of aromatic nitrogens is 1. The van der Waals surface area contributed by atoms with Gasteiger partial charge in [-0.25, -0.2) is 4.79 Å². The van der Waals surface area contributed by atoms with Crippen molar-refractivity contribution in [1.82, 2.24) is 14.8 Å². The van der Waals surface area contributed by atoms with Gasteiger partial charge in [0.1, 0.15) is 6.61 Å². The zero-order chi connectivity index (χ0) is 27.4. The lowest BCUT2D eigenvalue weighted by atomic mass is 10.1. The predicted molar refractivity (Wildman–Crippen MR) is 149 cm³/mol. The van der Waals surface area contributed by atoms with Gasteiger partial charge in [0.25, 0.3) is 11.5 Å². The van der Waals surface area contributed by atoms with Crippen molar-refractivity contribution >= 4 is 28.6 Å². The Morgan fingerprint density at radius 2 is 1.59 bits per heavy atom. The molecule has 4 aromatic rings. The van der Waals surface area contributed by atoms with Gasteiger partial charge in [-0.15, -0.1) is 0 Å². The Kier molecular flexibility index (Phi) is 7.49. The average Bonchev–Trinajstić information content (AvgIpc) is 2.98. The van der Waals surface area contributed by atoms with Crippen LogP contribution in [0.25, 0.3) is 10.9 Å². The second kappa shape index (κ2) is 11.3. The van der Waals surface area contributed by atoms with Crippen molar-refractivity contribution < 1.29 is 19.4 Å². The number of amides is 2. The topological polar surface area (TPSA) is 104 Å². The third kappa shape index (κ3) is 5.57. The highest BCUT2D eigenvalue weighted by Gasteiger charge is 2.23. The summed E-state index contributed by atoms with van der Waals surface area (Å²) in [6.07, 6.45) is -0.318. The number of para-hydroxylation sites is 1. The van der Waals surface area contributed by atoms with Crippen LogP contribution in [-0.4, -0.2) is 52.8 Å². The third-order valence-electron chi connectivity index (χ3n) is 6.98. The summed E-state index contributed by atoms with van der Waals surface area (Å²) in [5.41, 5.74) is 2.73. The maximum absolute atomic E-state index is 13.1. The minimum Gasteiger partial charge on any atom is -0.502 e. The fourth-order valence-electron chi connectivity index (χ4n) is 4.80. The van der Waals surface area contributed by atoms with E-state index < -0.39 is 17.2 Å². The van der Waals surface area contributed by atoms with Gasteiger partial charge in [0.15, 0.2) is 5.75 Å². The molecule has 5 rings (SSSR count). The summed E-state index contributed by atoms with van der Waals surface area (Å²) >= 11 is 0. The number of fused-ring (bicyclic) bond motifs is 1. The molecule has 3 aromatic carbocycles. The van der Waals surface area contributed by atoms with Gasteiger partial charge in [-0.2, -0.15) is 0 Å². The molecule has 2 heterocycles. The van der Waals surface area contributed by atoms with Crippen LogP contribution < -0.4 is 15.8 Å². The molecule has 9 nitrogen and oxygen atoms in total. The van der Waals surface area contributed by atoms with E-state index >= 15 is 0 Å². The van der Waals surface area contributed by atoms with Gasteiger partial charge in [-0.3, -0.25) is 9.59 Å². The highest BCUT2D eigenvalue weighted by atomic mass is 16.6. The van der Waals surface area contributed by atoms with Crippen molar-refractivity contribution in [2.75, 3.05) is 31.1 Å². The largest absolute Gasteiger partial charge is 0.502 e. The van der Waals surface area contributed by atoms with Crippen LogP contribution in [0.5, 0.6) is 5.75 Å². The van der Waals surface area contributed by atoms with Crippen LogP contribution in [0, 0.1) is 0 Å². The molecule has 0 atom stereocenters. The Hall–Kier alpha value is -4.79. The number of ether oxygens (including phenoxy) is 1. The van der Waals surface area contributed by atoms with Crippen LogP contribution >= 0.6 is 0 Å². The smallest absolute Gasteiger partial charge is 0.410 e. The number of anilines is 1. The maximum Gasteiger partial charge on any atom is 0.410 e. The Labute approximate surface area is 225 Å². The van der Waals surface area contributed by atoms with Crippen LogP contribution in [0.4, 0.5) is 10.5 Å². The van der Waals surface area contributed by atoms with E-state index in [0.717, 1.165) is 16.8 Å². The lowest BCUT2D eigenvalue weighted by Crippen LogP contribution is -2.49. The number of pyridine rings is 1. The SMILES string of the molecule is Cn1c(=O)c(O)c(C(=O)NCc2cccc(N3CCN(C(=O)OCc4ccccc4)CC3)c2)c2ccccc21. The minimum atomic E-state index is -0.621. The number of piperazine rings is 1. The van der Waals surface area contributed by atoms with E-state index in [-0.39, 0.29) is 24.8 Å². The summed E-state index contributed by atoms with van der Waals surface area (Å²) < 4.78 is 6.78. The van der Waals surface area contributed by atoms with Gasteiger partial charge in [0.05, 0.1) is 11.1 Å². The summed E-state index contributed by atoms with van der Waals surface area (Å²) in [5.74, 6) is -1.09. The van der Waals surface area contributed by atoms with Gasteiger partial charge in [0, 0.05) is 50.8 Å². The highest BCUT2D eigenvalue weighted by Crippen LogP contribution is 2.24. The van der Waals surface area contributed by atoms with E-state index in [4.69, 9.17) is 4.74 Å². The number of carbonyl (C=O) groups excluding carboxylic acids is 2. The summed E-state index contributed by atoms with van der Waals surface area (Å²) in [6.45, 7) is 2.88. The highest BCUT2D eigenvalue weighted by molar-refractivity contribution is 6.08. The van der Waals surface area contributed by atoms with Crippen LogP contribution in [0.2, 0.25) is 0 Å². The van der Waals surface area contributed by atoms with Crippen LogP contribution in [0.15, 0.2) is 83.7 Å². The molecule has 0 saturated carbocycles. The molecule has 1 aliphatic rings. The number of hydrogen-bond donors (Lipinski definition) is 2. The summed E-state index contributed by atoms with van der Waals surface area (Å²) in [4.78, 5) is 41.9. The molecule has 1 saturated heterocycles. The van der Waals surface area contributed by atoms with Crippen molar-refractivity contribution in [3.8, 4) is 5.75 Å². The Morgan fingerprint density at radius 1 is 0.897 bits per heavy atom. The normalized spacial score (nSPS) is 13.4. The van der Waals surface area contributed by atoms with Gasteiger partial charge < -0.3 is 29.5 Å². The number of nitrogens with zero attached hydrogens (tertiary/aromatic N) is 3. The molecular formula is C30H30N4O5. The molecular weight excluding hydrogens is 496 g/mol. The standard InChI is InChI=1S/C30H30N4O5/c1-32-25-13-6-5-12-24(25)26(27(35)29(32)37)28(36)31-19-22-10-7-11-23(18-22)33-14-16-34(17-15-33)30(38)39-20-21-8-3-2-4-9-21/h2-13,18,35H,14-17,19-20H2,1H3,(H,31,36). The second-order valence-electron chi connectivity index (χ2n) is 9.47. The number of aryl methyl sites for hydroxylation is 1. The van der Waals surface area contributed by atoms with Crippen LogP contribution in [0.1, 0.15) is 21.5 Å². The maximum atomic E-state index is 13.1. The van der Waals surface area contributed by atoms with Crippen molar-refractivity contribution in [2.45, 2.75) is 13.2 Å². The molecule has 0 unspecified atom stereocenters. The zero-order valence-corrected chi connectivity index (χ0v) is 21.7. The molecule has 2 amide bonds. The first-order valence-electron chi connectivity index (χ1n) is 12.8. The molecule has 0 spiro atoms. The monoisotopic (exact) mass is 526 g/mol. The summed E-state index contributed by atoms with van der Waals surface area (Å²) in [7, 11) is 1.56. The zero-order valence-electron chi connectivity index (χ0n) is 21.7. The van der Waals surface area contributed by atoms with Crippen molar-refractivity contribution in [3.63, 3.8) is 0 Å². The lowest BCUT2D eigenvalue weighted by molar-refractivity contribution is 0.0938. The number of carbonyl (C=O) groups is 2. The average molecular weight is 527 g/mol. The molecule has 0 radical (unpaired) electrons. The summed E-state index contributed by atoms with van der Waals surface area (Å²) in [5, 5.41) is 13.8. The molecule has 0 bridgehead atoms. The molecule has 1 aliphatic heterocycles. The number of nitrogens with one attached hydrogen (secondary N) is 1. The van der Waals surface area contributed by atoms with Crippen LogP contribution in [-0.2, 0) is 24.9 Å². The van der Waals surface area contributed by atoms with E-state index in [9.17, 15) is 19.5 Å². The van der Waals surface area contributed by atoms with Gasteiger partial charge in [-0.05, 0) is 29.3 Å². The number of benzene rings is 3. The number of rotatable bonds is 6. The molecule has 0 aliphatic carbocycles. The molecule has 9 heteroatoms. The third-order valence-corrected chi connectivity index (χ3v) is 6.98.